The van der Waals surface area contributed by atoms with Gasteiger partial charge in [0.15, 0.2) is 0 Å². The second-order valence-electron chi connectivity index (χ2n) is 8.08. The summed E-state index contributed by atoms with van der Waals surface area (Å²) in [6.07, 6.45) is 6.74. The summed E-state index contributed by atoms with van der Waals surface area (Å²) in [7, 11) is 1.40. The molecule has 0 spiro atoms. The summed E-state index contributed by atoms with van der Waals surface area (Å²) >= 11 is 0. The Morgan fingerprint density at radius 2 is 1.72 bits per heavy atom. The van der Waals surface area contributed by atoms with Gasteiger partial charge < -0.3 is 10.1 Å². The first-order valence-electron chi connectivity index (χ1n) is 11.1. The molecule has 1 atom stereocenters. The Morgan fingerprint density at radius 1 is 1.03 bits per heavy atom. The molecule has 1 fully saturated rings. The van der Waals surface area contributed by atoms with E-state index in [0.717, 1.165) is 55.7 Å². The van der Waals surface area contributed by atoms with E-state index in [2.05, 4.69) is 15.4 Å². The summed E-state index contributed by atoms with van der Waals surface area (Å²) in [6.45, 7) is 0.736. The molecule has 2 aliphatic heterocycles. The van der Waals surface area contributed by atoms with Crippen LogP contribution in [0.3, 0.4) is 0 Å². The molecule has 0 radical (unpaired) electrons. The number of carbonyl (C=O) groups is 5. The number of hydrogen-bond donors (Lipinski definition) is 2. The van der Waals surface area contributed by atoms with Crippen molar-refractivity contribution in [3.8, 4) is 0 Å². The molecule has 2 heterocycles. The van der Waals surface area contributed by atoms with Gasteiger partial charge in [-0.3, -0.25) is 34.2 Å². The van der Waals surface area contributed by atoms with Crippen molar-refractivity contribution in [2.24, 2.45) is 0 Å². The van der Waals surface area contributed by atoms with Crippen LogP contribution >= 0.6 is 0 Å². The number of methoxy groups -OCH3 is 1. The van der Waals surface area contributed by atoms with Crippen molar-refractivity contribution in [1.82, 2.24) is 10.2 Å². The van der Waals surface area contributed by atoms with E-state index in [4.69, 9.17) is 0 Å². The zero-order valence-electron chi connectivity index (χ0n) is 18.3. The van der Waals surface area contributed by atoms with Crippen molar-refractivity contribution >= 4 is 35.3 Å². The van der Waals surface area contributed by atoms with E-state index < -0.39 is 29.7 Å². The van der Waals surface area contributed by atoms with E-state index in [1.165, 1.54) is 7.11 Å². The molecule has 1 unspecified atom stereocenters. The highest BCUT2D eigenvalue weighted by Gasteiger charge is 2.44. The van der Waals surface area contributed by atoms with Crippen LogP contribution in [0, 0.1) is 0 Å². The molecule has 3 rings (SSSR count). The van der Waals surface area contributed by atoms with Gasteiger partial charge in [-0.25, -0.2) is 0 Å². The fraction of sp³-hybridized carbons (Fsp3) is 0.522. The maximum atomic E-state index is 12.8. The first-order chi connectivity index (χ1) is 15.4. The van der Waals surface area contributed by atoms with Gasteiger partial charge in [-0.1, -0.05) is 25.7 Å². The third kappa shape index (κ3) is 5.52. The van der Waals surface area contributed by atoms with Crippen LogP contribution in [-0.4, -0.2) is 54.2 Å². The molecular weight excluding hydrogens is 414 g/mol. The van der Waals surface area contributed by atoms with Crippen LogP contribution in [0.4, 0.5) is 5.69 Å². The molecule has 32 heavy (non-hydrogen) atoms. The van der Waals surface area contributed by atoms with E-state index in [0.29, 0.717) is 6.42 Å². The number of nitrogens with zero attached hydrogens (tertiary/aromatic N) is 1. The molecule has 2 N–H and O–H groups in total. The monoisotopic (exact) mass is 443 g/mol. The van der Waals surface area contributed by atoms with Crippen LogP contribution in [0.5, 0.6) is 0 Å². The standard InChI is InChI=1S/C23H29N3O6/c1-32-20(28)8-6-4-2-3-5-7-13-24-15-9-10-16-17(14-15)23(31)26(22(16)30)18-11-12-19(27)25-21(18)29/h9-10,14,18,24H,2-8,11-13H2,1H3,(H,25,27,29). The van der Waals surface area contributed by atoms with Crippen LogP contribution in [0.2, 0.25) is 0 Å². The maximum absolute atomic E-state index is 12.8. The average molecular weight is 444 g/mol. The lowest BCUT2D eigenvalue weighted by Gasteiger charge is -2.27. The summed E-state index contributed by atoms with van der Waals surface area (Å²) in [4.78, 5) is 61.0. The Hall–Kier alpha value is -3.23. The minimum atomic E-state index is -0.955. The summed E-state index contributed by atoms with van der Waals surface area (Å²) < 4.78 is 4.62. The zero-order chi connectivity index (χ0) is 23.1. The molecule has 1 aromatic rings. The second kappa shape index (κ2) is 10.9. The molecule has 4 amide bonds. The van der Waals surface area contributed by atoms with Gasteiger partial charge in [-0.15, -0.1) is 0 Å². The highest BCUT2D eigenvalue weighted by atomic mass is 16.5. The molecule has 172 valence electrons. The molecule has 9 heteroatoms. The van der Waals surface area contributed by atoms with Crippen molar-refractivity contribution in [3.05, 3.63) is 29.3 Å². The van der Waals surface area contributed by atoms with Gasteiger partial charge in [0, 0.05) is 25.1 Å². The van der Waals surface area contributed by atoms with Gasteiger partial charge in [0.1, 0.15) is 6.04 Å². The number of ether oxygens (including phenoxy) is 1. The summed E-state index contributed by atoms with van der Waals surface area (Å²) in [5.41, 5.74) is 1.29. The largest absolute Gasteiger partial charge is 0.469 e. The lowest BCUT2D eigenvalue weighted by molar-refractivity contribution is -0.141. The Balaban J connectivity index is 1.44. The zero-order valence-corrected chi connectivity index (χ0v) is 18.3. The maximum Gasteiger partial charge on any atom is 0.305 e. The number of esters is 1. The third-order valence-corrected chi connectivity index (χ3v) is 5.80. The van der Waals surface area contributed by atoms with Crippen LogP contribution in [0.25, 0.3) is 0 Å². The molecule has 1 saturated heterocycles. The number of unbranched alkanes of at least 4 members (excludes halogenated alkanes) is 5. The van der Waals surface area contributed by atoms with E-state index in [-0.39, 0.29) is 29.9 Å². The predicted octanol–water partition coefficient (Wildman–Crippen LogP) is 2.40. The van der Waals surface area contributed by atoms with Gasteiger partial charge in [0.2, 0.25) is 11.8 Å². The molecular formula is C23H29N3O6. The Labute approximate surface area is 186 Å². The molecule has 1 aromatic carbocycles. The number of piperidine rings is 1. The fourth-order valence-corrected chi connectivity index (χ4v) is 4.02. The third-order valence-electron chi connectivity index (χ3n) is 5.80. The first kappa shape index (κ1) is 23.4. The summed E-state index contributed by atoms with van der Waals surface area (Å²) in [6, 6.07) is 4.05. The van der Waals surface area contributed by atoms with Gasteiger partial charge >= 0.3 is 5.97 Å². The van der Waals surface area contributed by atoms with Crippen LogP contribution < -0.4 is 10.6 Å². The van der Waals surface area contributed by atoms with Crippen LogP contribution in [-0.2, 0) is 19.1 Å². The molecule has 0 aromatic heterocycles. The van der Waals surface area contributed by atoms with Gasteiger partial charge in [-0.2, -0.15) is 0 Å². The molecule has 0 bridgehead atoms. The highest BCUT2D eigenvalue weighted by Crippen LogP contribution is 2.29. The van der Waals surface area contributed by atoms with E-state index in [9.17, 15) is 24.0 Å². The highest BCUT2D eigenvalue weighted by molar-refractivity contribution is 6.23. The topological polar surface area (TPSA) is 122 Å². The molecule has 0 saturated carbocycles. The number of rotatable bonds is 11. The van der Waals surface area contributed by atoms with Crippen molar-refractivity contribution in [3.63, 3.8) is 0 Å². The smallest absolute Gasteiger partial charge is 0.305 e. The molecule has 2 aliphatic rings. The number of carbonyl (C=O) groups excluding carboxylic acids is 5. The predicted molar refractivity (Wildman–Crippen MR) is 116 cm³/mol. The number of amides is 4. The van der Waals surface area contributed by atoms with Crippen molar-refractivity contribution in [1.29, 1.82) is 0 Å². The van der Waals surface area contributed by atoms with Crippen molar-refractivity contribution in [2.75, 3.05) is 19.0 Å². The summed E-state index contributed by atoms with van der Waals surface area (Å²) in [5, 5.41) is 5.47. The number of anilines is 1. The van der Waals surface area contributed by atoms with Crippen molar-refractivity contribution in [2.45, 2.75) is 63.8 Å². The van der Waals surface area contributed by atoms with Crippen LogP contribution in [0.1, 0.15) is 78.5 Å². The minimum absolute atomic E-state index is 0.0991. The summed E-state index contributed by atoms with van der Waals surface area (Å²) in [5.74, 6) is -2.17. The van der Waals surface area contributed by atoms with Gasteiger partial charge in [-0.05, 0) is 37.5 Å². The van der Waals surface area contributed by atoms with Crippen LogP contribution in [0.15, 0.2) is 18.2 Å². The minimum Gasteiger partial charge on any atom is -0.469 e. The normalized spacial score (nSPS) is 17.9. The Kier molecular flexibility index (Phi) is 7.97. The Bertz CT molecular complexity index is 913. The lowest BCUT2D eigenvalue weighted by Crippen LogP contribution is -2.54. The number of fused-ring (bicyclic) bond motifs is 1. The van der Waals surface area contributed by atoms with E-state index in [1.54, 1.807) is 18.2 Å². The van der Waals surface area contributed by atoms with E-state index in [1.807, 2.05) is 0 Å². The first-order valence-corrected chi connectivity index (χ1v) is 11.1. The lowest BCUT2D eigenvalue weighted by atomic mass is 10.0. The molecule has 9 nitrogen and oxygen atoms in total. The number of hydrogen-bond acceptors (Lipinski definition) is 7. The van der Waals surface area contributed by atoms with Crippen molar-refractivity contribution < 1.29 is 28.7 Å². The Morgan fingerprint density at radius 3 is 2.44 bits per heavy atom. The number of benzene rings is 1. The number of nitrogens with one attached hydrogen (secondary N) is 2. The second-order valence-corrected chi connectivity index (χ2v) is 8.08. The van der Waals surface area contributed by atoms with Gasteiger partial charge in [0.25, 0.3) is 11.8 Å². The van der Waals surface area contributed by atoms with Gasteiger partial charge in [0.05, 0.1) is 18.2 Å². The number of imide groups is 2. The SMILES string of the molecule is COC(=O)CCCCCCCCNc1ccc2c(c1)C(=O)N(C1CCC(=O)NC1=O)C2=O. The fourth-order valence-electron chi connectivity index (χ4n) is 4.02. The average Bonchev–Trinajstić information content (AvgIpc) is 3.02. The molecule has 0 aliphatic carbocycles. The van der Waals surface area contributed by atoms with E-state index >= 15 is 0 Å². The quantitative estimate of drug-likeness (QED) is 0.306.